The van der Waals surface area contributed by atoms with Crippen LogP contribution >= 0.6 is 12.2 Å². The van der Waals surface area contributed by atoms with Crippen LogP contribution in [0, 0.1) is 0 Å². The van der Waals surface area contributed by atoms with Gasteiger partial charge in [0.05, 0.1) is 20.3 Å². The minimum absolute atomic E-state index is 0.0690. The van der Waals surface area contributed by atoms with Crippen molar-refractivity contribution in [2.45, 2.75) is 13.0 Å². The molecule has 3 rings (SSSR count). The van der Waals surface area contributed by atoms with Crippen molar-refractivity contribution in [2.24, 2.45) is 0 Å². The molecule has 0 fully saturated rings. The van der Waals surface area contributed by atoms with Crippen molar-refractivity contribution in [3.05, 3.63) is 70.9 Å². The third-order valence-corrected chi connectivity index (χ3v) is 4.52. The van der Waals surface area contributed by atoms with E-state index in [0.29, 0.717) is 27.7 Å². The Labute approximate surface area is 158 Å². The number of carbonyl (C=O) groups excluding carboxylic acids is 1. The van der Waals surface area contributed by atoms with E-state index in [2.05, 4.69) is 10.6 Å². The molecule has 2 aromatic rings. The Hall–Kier alpha value is -2.86. The topological polar surface area (TPSA) is 59.6 Å². The van der Waals surface area contributed by atoms with Crippen LogP contribution in [0.4, 0.5) is 0 Å². The lowest BCUT2D eigenvalue weighted by molar-refractivity contribution is 0.102. The molecule has 0 amide bonds. The molecule has 6 heteroatoms. The van der Waals surface area contributed by atoms with Crippen LogP contribution in [0.15, 0.2) is 59.8 Å². The van der Waals surface area contributed by atoms with Crippen LogP contribution in [-0.2, 0) is 0 Å². The average Bonchev–Trinajstić information content (AvgIpc) is 2.67. The molecule has 0 saturated heterocycles. The fraction of sp³-hybridized carbons (Fsp3) is 0.200. The van der Waals surface area contributed by atoms with Gasteiger partial charge < -0.3 is 20.1 Å². The Morgan fingerprint density at radius 1 is 1.08 bits per heavy atom. The summed E-state index contributed by atoms with van der Waals surface area (Å²) in [7, 11) is 3.20. The molecule has 5 nitrogen and oxygen atoms in total. The fourth-order valence-corrected chi connectivity index (χ4v) is 3.31. The summed E-state index contributed by atoms with van der Waals surface area (Å²) in [5.41, 5.74) is 2.72. The number of hydrogen-bond donors (Lipinski definition) is 2. The molecule has 134 valence electrons. The van der Waals surface area contributed by atoms with E-state index in [1.807, 2.05) is 43.3 Å². The minimum atomic E-state index is -0.443. The zero-order chi connectivity index (χ0) is 18.7. The summed E-state index contributed by atoms with van der Waals surface area (Å²) in [6, 6.07) is 14.2. The minimum Gasteiger partial charge on any atom is -0.497 e. The number of benzene rings is 2. The SMILES string of the molecule is COc1ccc(OC)c(C2NC(=S)NC(C)=C2C(=O)c2ccccc2)c1. The summed E-state index contributed by atoms with van der Waals surface area (Å²) in [4.78, 5) is 13.2. The Morgan fingerprint density at radius 2 is 1.81 bits per heavy atom. The first kappa shape index (κ1) is 17.9. The van der Waals surface area contributed by atoms with Crippen LogP contribution in [0.3, 0.4) is 0 Å². The second-order valence-electron chi connectivity index (χ2n) is 5.87. The van der Waals surface area contributed by atoms with E-state index in [4.69, 9.17) is 21.7 Å². The van der Waals surface area contributed by atoms with Gasteiger partial charge >= 0.3 is 0 Å². The van der Waals surface area contributed by atoms with Crippen molar-refractivity contribution in [1.82, 2.24) is 10.6 Å². The summed E-state index contributed by atoms with van der Waals surface area (Å²) >= 11 is 5.32. The van der Waals surface area contributed by atoms with Gasteiger partial charge in [-0.15, -0.1) is 0 Å². The summed E-state index contributed by atoms with van der Waals surface area (Å²) in [5.74, 6) is 1.26. The second kappa shape index (κ2) is 7.58. The van der Waals surface area contributed by atoms with Gasteiger partial charge in [-0.05, 0) is 37.3 Å². The highest BCUT2D eigenvalue weighted by atomic mass is 32.1. The predicted octanol–water partition coefficient (Wildman–Crippen LogP) is 3.38. The van der Waals surface area contributed by atoms with Gasteiger partial charge in [-0.25, -0.2) is 0 Å². The Bertz CT molecular complexity index is 878. The number of carbonyl (C=O) groups is 1. The molecule has 0 aromatic heterocycles. The molecular weight excluding hydrogens is 348 g/mol. The third kappa shape index (κ3) is 3.41. The first-order valence-corrected chi connectivity index (χ1v) is 8.56. The van der Waals surface area contributed by atoms with Crippen LogP contribution in [0.25, 0.3) is 0 Å². The Morgan fingerprint density at radius 3 is 2.46 bits per heavy atom. The van der Waals surface area contributed by atoms with E-state index in [1.165, 1.54) is 0 Å². The number of ketones is 1. The quantitative estimate of drug-likeness (QED) is 0.623. The van der Waals surface area contributed by atoms with Gasteiger partial charge in [0, 0.05) is 22.4 Å². The molecular formula is C20H20N2O3S. The standard InChI is InChI=1S/C20H20N2O3S/c1-12-17(19(23)13-7-5-4-6-8-13)18(22-20(26)21-12)15-11-14(24-2)9-10-16(15)25-3/h4-11,18H,1-3H3,(H2,21,22,26). The van der Waals surface area contributed by atoms with E-state index in [1.54, 1.807) is 26.4 Å². The summed E-state index contributed by atoms with van der Waals surface area (Å²) in [6.07, 6.45) is 0. The number of allylic oxidation sites excluding steroid dienone is 1. The van der Waals surface area contributed by atoms with E-state index in [0.717, 1.165) is 11.3 Å². The smallest absolute Gasteiger partial charge is 0.193 e. The molecule has 0 aliphatic carbocycles. The van der Waals surface area contributed by atoms with Crippen molar-refractivity contribution in [2.75, 3.05) is 14.2 Å². The van der Waals surface area contributed by atoms with Gasteiger partial charge in [-0.2, -0.15) is 0 Å². The highest BCUT2D eigenvalue weighted by molar-refractivity contribution is 7.80. The normalized spacial score (nSPS) is 16.6. The zero-order valence-electron chi connectivity index (χ0n) is 14.8. The van der Waals surface area contributed by atoms with Crippen molar-refractivity contribution in [3.8, 4) is 11.5 Å². The lowest BCUT2D eigenvalue weighted by Crippen LogP contribution is -2.45. The third-order valence-electron chi connectivity index (χ3n) is 4.30. The van der Waals surface area contributed by atoms with Gasteiger partial charge in [0.25, 0.3) is 0 Å². The summed E-state index contributed by atoms with van der Waals surface area (Å²) in [5, 5.41) is 6.71. The molecule has 0 saturated carbocycles. The number of hydrogen-bond acceptors (Lipinski definition) is 4. The molecule has 1 heterocycles. The molecule has 26 heavy (non-hydrogen) atoms. The lowest BCUT2D eigenvalue weighted by atomic mass is 9.89. The lowest BCUT2D eigenvalue weighted by Gasteiger charge is -2.31. The molecule has 0 spiro atoms. The van der Waals surface area contributed by atoms with Crippen LogP contribution in [0.2, 0.25) is 0 Å². The van der Waals surface area contributed by atoms with Crippen LogP contribution in [0.1, 0.15) is 28.9 Å². The number of thiocarbonyl (C=S) groups is 1. The molecule has 1 atom stereocenters. The zero-order valence-corrected chi connectivity index (χ0v) is 15.6. The first-order valence-electron chi connectivity index (χ1n) is 8.15. The van der Waals surface area contributed by atoms with Crippen molar-refractivity contribution < 1.29 is 14.3 Å². The highest BCUT2D eigenvalue weighted by Gasteiger charge is 2.32. The fourth-order valence-electron chi connectivity index (χ4n) is 3.04. The molecule has 2 aromatic carbocycles. The van der Waals surface area contributed by atoms with Gasteiger partial charge in [0.1, 0.15) is 11.5 Å². The predicted molar refractivity (Wildman–Crippen MR) is 105 cm³/mol. The molecule has 0 bridgehead atoms. The highest BCUT2D eigenvalue weighted by Crippen LogP contribution is 2.36. The van der Waals surface area contributed by atoms with Gasteiger partial charge in [0.15, 0.2) is 10.9 Å². The van der Waals surface area contributed by atoms with Crippen LogP contribution in [0.5, 0.6) is 11.5 Å². The maximum atomic E-state index is 13.2. The number of rotatable bonds is 5. The van der Waals surface area contributed by atoms with Gasteiger partial charge in [-0.3, -0.25) is 4.79 Å². The number of ether oxygens (including phenoxy) is 2. The molecule has 0 radical (unpaired) electrons. The monoisotopic (exact) mass is 368 g/mol. The molecule has 1 unspecified atom stereocenters. The maximum absolute atomic E-state index is 13.2. The van der Waals surface area contributed by atoms with Crippen LogP contribution in [-0.4, -0.2) is 25.1 Å². The van der Waals surface area contributed by atoms with Gasteiger partial charge in [-0.1, -0.05) is 30.3 Å². The Kier molecular flexibility index (Phi) is 5.23. The molecule has 1 aliphatic rings. The Balaban J connectivity index is 2.14. The second-order valence-corrected chi connectivity index (χ2v) is 6.28. The van der Waals surface area contributed by atoms with Crippen molar-refractivity contribution >= 4 is 23.1 Å². The maximum Gasteiger partial charge on any atom is 0.193 e. The van der Waals surface area contributed by atoms with Crippen molar-refractivity contribution in [1.29, 1.82) is 0 Å². The van der Waals surface area contributed by atoms with E-state index in [-0.39, 0.29) is 5.78 Å². The van der Waals surface area contributed by atoms with Gasteiger partial charge in [0.2, 0.25) is 0 Å². The number of nitrogens with one attached hydrogen (secondary N) is 2. The largest absolute Gasteiger partial charge is 0.497 e. The molecule has 1 aliphatic heterocycles. The average molecular weight is 368 g/mol. The molecule has 2 N–H and O–H groups in total. The number of Topliss-reactive ketones (excluding diaryl/α,β-unsaturated/α-hetero) is 1. The first-order chi connectivity index (χ1) is 12.5. The summed E-state index contributed by atoms with van der Waals surface area (Å²) < 4.78 is 10.9. The van der Waals surface area contributed by atoms with Crippen molar-refractivity contribution in [3.63, 3.8) is 0 Å². The van der Waals surface area contributed by atoms with E-state index >= 15 is 0 Å². The van der Waals surface area contributed by atoms with E-state index in [9.17, 15) is 4.79 Å². The van der Waals surface area contributed by atoms with E-state index < -0.39 is 6.04 Å². The summed E-state index contributed by atoms with van der Waals surface area (Å²) in [6.45, 7) is 1.85. The van der Waals surface area contributed by atoms with Crippen LogP contribution < -0.4 is 20.1 Å². The number of methoxy groups -OCH3 is 2.